The molecule has 2 unspecified atom stereocenters. The normalized spacial score (nSPS) is 17.8. The lowest BCUT2D eigenvalue weighted by atomic mass is 10.0. The van der Waals surface area contributed by atoms with Crippen molar-refractivity contribution in [3.8, 4) is 5.75 Å². The Morgan fingerprint density at radius 2 is 1.90 bits per heavy atom. The molecule has 29 heavy (non-hydrogen) atoms. The molecule has 2 atom stereocenters. The Labute approximate surface area is 175 Å². The molecular formula is C25H35NO3. The Bertz CT molecular complexity index is 738. The number of rotatable bonds is 10. The summed E-state index contributed by atoms with van der Waals surface area (Å²) in [6, 6.07) is 16.7. The molecule has 1 N–H and O–H groups in total. The van der Waals surface area contributed by atoms with Crippen LogP contribution in [0.4, 0.5) is 0 Å². The van der Waals surface area contributed by atoms with E-state index in [1.165, 1.54) is 11.1 Å². The van der Waals surface area contributed by atoms with Crippen LogP contribution in [0.2, 0.25) is 0 Å². The number of ether oxygens (including phenoxy) is 2. The minimum Gasteiger partial charge on any atom is -0.491 e. The van der Waals surface area contributed by atoms with E-state index in [4.69, 9.17) is 9.47 Å². The molecule has 0 amide bonds. The van der Waals surface area contributed by atoms with Crippen LogP contribution in [0.5, 0.6) is 5.75 Å². The highest BCUT2D eigenvalue weighted by Gasteiger charge is 2.21. The Hall–Kier alpha value is -1.88. The lowest BCUT2D eigenvalue weighted by molar-refractivity contribution is 0.0313. The van der Waals surface area contributed by atoms with E-state index in [1.807, 2.05) is 31.2 Å². The van der Waals surface area contributed by atoms with Gasteiger partial charge in [0.25, 0.3) is 0 Å². The van der Waals surface area contributed by atoms with Gasteiger partial charge in [-0.3, -0.25) is 4.90 Å². The predicted octanol–water partition coefficient (Wildman–Crippen LogP) is 4.54. The van der Waals surface area contributed by atoms with Crippen LogP contribution in [0.25, 0.3) is 0 Å². The van der Waals surface area contributed by atoms with Crippen LogP contribution in [0, 0.1) is 6.92 Å². The van der Waals surface area contributed by atoms with Crippen molar-refractivity contribution < 1.29 is 14.6 Å². The molecule has 1 heterocycles. The van der Waals surface area contributed by atoms with Crippen molar-refractivity contribution >= 4 is 0 Å². The Kier molecular flexibility index (Phi) is 8.10. The third-order valence-electron chi connectivity index (χ3n) is 5.53. The fourth-order valence-corrected chi connectivity index (χ4v) is 3.80. The second-order valence-electron chi connectivity index (χ2n) is 8.46. The standard InChI is InChI=1S/C25H35NO3/c1-19(2)22-12-10-21(11-13-22)15-26(17-24-8-6-14-28-24)16-23(27)18-29-25-9-5-4-7-20(25)3/h4-5,7,9-13,19,23-24,27H,6,8,14-18H2,1-3H3. The highest BCUT2D eigenvalue weighted by molar-refractivity contribution is 5.31. The van der Waals surface area contributed by atoms with E-state index in [0.29, 0.717) is 19.1 Å². The third-order valence-corrected chi connectivity index (χ3v) is 5.53. The molecular weight excluding hydrogens is 362 g/mol. The zero-order valence-electron chi connectivity index (χ0n) is 18.0. The van der Waals surface area contributed by atoms with Crippen LogP contribution in [0.3, 0.4) is 0 Å². The van der Waals surface area contributed by atoms with E-state index in [9.17, 15) is 5.11 Å². The lowest BCUT2D eigenvalue weighted by Crippen LogP contribution is -2.39. The zero-order valence-corrected chi connectivity index (χ0v) is 18.0. The number of para-hydroxylation sites is 1. The summed E-state index contributed by atoms with van der Waals surface area (Å²) in [5, 5.41) is 10.6. The first-order valence-corrected chi connectivity index (χ1v) is 10.8. The van der Waals surface area contributed by atoms with Crippen molar-refractivity contribution in [2.45, 2.75) is 58.3 Å². The van der Waals surface area contributed by atoms with Gasteiger partial charge in [-0.25, -0.2) is 0 Å². The van der Waals surface area contributed by atoms with Gasteiger partial charge >= 0.3 is 0 Å². The van der Waals surface area contributed by atoms with Gasteiger partial charge in [0, 0.05) is 26.2 Å². The maximum atomic E-state index is 10.6. The highest BCUT2D eigenvalue weighted by atomic mass is 16.5. The maximum absolute atomic E-state index is 10.6. The van der Waals surface area contributed by atoms with Crippen molar-refractivity contribution in [1.29, 1.82) is 0 Å². The minimum absolute atomic E-state index is 0.259. The fraction of sp³-hybridized carbons (Fsp3) is 0.520. The summed E-state index contributed by atoms with van der Waals surface area (Å²) in [7, 11) is 0. The first-order chi connectivity index (χ1) is 14.0. The smallest absolute Gasteiger partial charge is 0.122 e. The Balaban J connectivity index is 1.59. The number of aryl methyl sites for hydroxylation is 1. The van der Waals surface area contributed by atoms with E-state index < -0.39 is 6.10 Å². The van der Waals surface area contributed by atoms with Crippen LogP contribution in [-0.4, -0.2) is 48.5 Å². The molecule has 158 valence electrons. The first kappa shape index (κ1) is 21.8. The van der Waals surface area contributed by atoms with Crippen LogP contribution in [-0.2, 0) is 11.3 Å². The van der Waals surface area contributed by atoms with Crippen LogP contribution in [0.15, 0.2) is 48.5 Å². The van der Waals surface area contributed by atoms with Crippen molar-refractivity contribution in [1.82, 2.24) is 4.90 Å². The van der Waals surface area contributed by atoms with Gasteiger partial charge in [-0.1, -0.05) is 56.3 Å². The second-order valence-corrected chi connectivity index (χ2v) is 8.46. The number of hydrogen-bond donors (Lipinski definition) is 1. The third kappa shape index (κ3) is 6.84. The Morgan fingerprint density at radius 1 is 1.14 bits per heavy atom. The molecule has 2 aromatic rings. The highest BCUT2D eigenvalue weighted by Crippen LogP contribution is 2.19. The molecule has 3 rings (SSSR count). The molecule has 1 aliphatic rings. The lowest BCUT2D eigenvalue weighted by Gasteiger charge is -2.27. The largest absolute Gasteiger partial charge is 0.491 e. The zero-order chi connectivity index (χ0) is 20.6. The quantitative estimate of drug-likeness (QED) is 0.639. The maximum Gasteiger partial charge on any atom is 0.122 e. The Morgan fingerprint density at radius 3 is 2.55 bits per heavy atom. The van der Waals surface area contributed by atoms with Crippen molar-refractivity contribution in [3.05, 3.63) is 65.2 Å². The molecule has 0 radical (unpaired) electrons. The van der Waals surface area contributed by atoms with Crippen LogP contribution >= 0.6 is 0 Å². The van der Waals surface area contributed by atoms with Crippen molar-refractivity contribution in [2.24, 2.45) is 0 Å². The molecule has 4 nitrogen and oxygen atoms in total. The predicted molar refractivity (Wildman–Crippen MR) is 117 cm³/mol. The first-order valence-electron chi connectivity index (χ1n) is 10.8. The van der Waals surface area contributed by atoms with Gasteiger partial charge in [-0.15, -0.1) is 0 Å². The summed E-state index contributed by atoms with van der Waals surface area (Å²) < 4.78 is 11.7. The summed E-state index contributed by atoms with van der Waals surface area (Å²) in [6.45, 7) is 9.80. The van der Waals surface area contributed by atoms with Crippen LogP contribution < -0.4 is 4.74 Å². The minimum atomic E-state index is -0.550. The molecule has 0 saturated carbocycles. The molecule has 1 fully saturated rings. The monoisotopic (exact) mass is 397 g/mol. The van der Waals surface area contributed by atoms with E-state index in [-0.39, 0.29) is 6.10 Å². The van der Waals surface area contributed by atoms with Gasteiger partial charge in [-0.05, 0) is 48.4 Å². The number of aliphatic hydroxyl groups is 1. The average Bonchev–Trinajstić information content (AvgIpc) is 3.21. The fourth-order valence-electron chi connectivity index (χ4n) is 3.80. The second kappa shape index (κ2) is 10.8. The topological polar surface area (TPSA) is 41.9 Å². The van der Waals surface area contributed by atoms with Crippen molar-refractivity contribution in [3.63, 3.8) is 0 Å². The molecule has 0 spiro atoms. The average molecular weight is 398 g/mol. The summed E-state index contributed by atoms with van der Waals surface area (Å²) in [4.78, 5) is 2.30. The van der Waals surface area contributed by atoms with Gasteiger partial charge < -0.3 is 14.6 Å². The van der Waals surface area contributed by atoms with E-state index in [1.54, 1.807) is 0 Å². The summed E-state index contributed by atoms with van der Waals surface area (Å²) >= 11 is 0. The van der Waals surface area contributed by atoms with Crippen molar-refractivity contribution in [2.75, 3.05) is 26.3 Å². The molecule has 1 aliphatic heterocycles. The van der Waals surface area contributed by atoms with Gasteiger partial charge in [0.2, 0.25) is 0 Å². The SMILES string of the molecule is Cc1ccccc1OCC(O)CN(Cc1ccc(C(C)C)cc1)CC1CCCO1. The number of hydrogen-bond acceptors (Lipinski definition) is 4. The number of aliphatic hydroxyl groups excluding tert-OH is 1. The number of benzene rings is 2. The molecule has 0 aliphatic carbocycles. The van der Waals surface area contributed by atoms with E-state index >= 15 is 0 Å². The summed E-state index contributed by atoms with van der Waals surface area (Å²) in [6.07, 6.45) is 1.93. The molecule has 0 bridgehead atoms. The van der Waals surface area contributed by atoms with Gasteiger partial charge in [0.05, 0.1) is 6.10 Å². The summed E-state index contributed by atoms with van der Waals surface area (Å²) in [5.41, 5.74) is 3.70. The van der Waals surface area contributed by atoms with Gasteiger partial charge in [0.1, 0.15) is 18.5 Å². The van der Waals surface area contributed by atoms with E-state index in [2.05, 4.69) is 43.0 Å². The molecule has 0 aromatic heterocycles. The van der Waals surface area contributed by atoms with E-state index in [0.717, 1.165) is 43.9 Å². The molecule has 2 aromatic carbocycles. The van der Waals surface area contributed by atoms with Gasteiger partial charge in [-0.2, -0.15) is 0 Å². The van der Waals surface area contributed by atoms with Crippen LogP contribution in [0.1, 0.15) is 49.3 Å². The molecule has 4 heteroatoms. The molecule has 1 saturated heterocycles. The number of nitrogens with zero attached hydrogens (tertiary/aromatic N) is 1. The summed E-state index contributed by atoms with van der Waals surface area (Å²) in [5.74, 6) is 1.37. The van der Waals surface area contributed by atoms with Gasteiger partial charge in [0.15, 0.2) is 0 Å².